The van der Waals surface area contributed by atoms with Gasteiger partial charge in [-0.1, -0.05) is 19.1 Å². The topological polar surface area (TPSA) is 74.7 Å². The lowest BCUT2D eigenvalue weighted by molar-refractivity contribution is -0.142. The van der Waals surface area contributed by atoms with Crippen molar-refractivity contribution in [2.45, 2.75) is 31.1 Å². The molecule has 0 radical (unpaired) electrons. The number of aryl methyl sites for hydroxylation is 1. The summed E-state index contributed by atoms with van der Waals surface area (Å²) in [5.74, 6) is -1.27. The Balaban J connectivity index is 2.17. The van der Waals surface area contributed by atoms with Gasteiger partial charge in [0, 0.05) is 13.1 Å². The zero-order valence-corrected chi connectivity index (χ0v) is 12.3. The summed E-state index contributed by atoms with van der Waals surface area (Å²) >= 11 is 0. The van der Waals surface area contributed by atoms with E-state index in [9.17, 15) is 13.2 Å². The van der Waals surface area contributed by atoms with Crippen LogP contribution in [-0.2, 0) is 21.2 Å². The number of rotatable bonds is 4. The van der Waals surface area contributed by atoms with Gasteiger partial charge < -0.3 is 5.11 Å². The van der Waals surface area contributed by atoms with Gasteiger partial charge in [-0.25, -0.2) is 8.42 Å². The van der Waals surface area contributed by atoms with Gasteiger partial charge in [-0.05, 0) is 37.0 Å². The average molecular weight is 297 g/mol. The van der Waals surface area contributed by atoms with E-state index in [0.717, 1.165) is 12.0 Å². The standard InChI is InChI=1S/C14H19NO4S/c1-2-11-4-3-5-13(10-11)20(18,19)15-8-6-12(7-9-15)14(16)17/h3-5,10,12H,2,6-9H2,1H3,(H,16,17). The molecule has 1 N–H and O–H groups in total. The summed E-state index contributed by atoms with van der Waals surface area (Å²) in [6.07, 6.45) is 1.54. The summed E-state index contributed by atoms with van der Waals surface area (Å²) in [6.45, 7) is 2.52. The number of carboxylic acid groups (broad SMARTS) is 1. The van der Waals surface area contributed by atoms with Crippen molar-refractivity contribution in [2.75, 3.05) is 13.1 Å². The van der Waals surface area contributed by atoms with Gasteiger partial charge in [0.25, 0.3) is 0 Å². The summed E-state index contributed by atoms with van der Waals surface area (Å²) in [6, 6.07) is 6.93. The van der Waals surface area contributed by atoms with E-state index < -0.39 is 21.9 Å². The number of nitrogens with zero attached hydrogens (tertiary/aromatic N) is 1. The molecule has 1 aromatic rings. The normalized spacial score (nSPS) is 18.1. The lowest BCUT2D eigenvalue weighted by atomic mass is 9.99. The zero-order valence-electron chi connectivity index (χ0n) is 11.4. The fourth-order valence-corrected chi connectivity index (χ4v) is 3.96. The summed E-state index contributed by atoms with van der Waals surface area (Å²) in [5.41, 5.74) is 0.978. The second-order valence-electron chi connectivity index (χ2n) is 5.02. The van der Waals surface area contributed by atoms with E-state index in [1.165, 1.54) is 4.31 Å². The molecule has 2 rings (SSSR count). The average Bonchev–Trinajstić information content (AvgIpc) is 2.47. The second-order valence-corrected chi connectivity index (χ2v) is 6.96. The first-order valence-electron chi connectivity index (χ1n) is 6.77. The van der Waals surface area contributed by atoms with Gasteiger partial charge in [-0.2, -0.15) is 4.31 Å². The zero-order chi connectivity index (χ0) is 14.8. The Kier molecular flexibility index (Phi) is 4.45. The SMILES string of the molecule is CCc1cccc(S(=O)(=O)N2CCC(C(=O)O)CC2)c1. The number of sulfonamides is 1. The Morgan fingerprint density at radius 3 is 2.55 bits per heavy atom. The van der Waals surface area contributed by atoms with Crippen LogP contribution in [0.25, 0.3) is 0 Å². The molecule has 1 saturated heterocycles. The first kappa shape index (κ1) is 15.0. The Morgan fingerprint density at radius 1 is 1.35 bits per heavy atom. The summed E-state index contributed by atoms with van der Waals surface area (Å²) in [7, 11) is -3.50. The molecule has 0 spiro atoms. The van der Waals surface area contributed by atoms with Crippen LogP contribution in [0.4, 0.5) is 0 Å². The minimum Gasteiger partial charge on any atom is -0.481 e. The molecule has 0 aliphatic carbocycles. The number of aliphatic carboxylic acids is 1. The van der Waals surface area contributed by atoms with E-state index in [2.05, 4.69) is 0 Å². The largest absolute Gasteiger partial charge is 0.481 e. The minimum atomic E-state index is -3.50. The van der Waals surface area contributed by atoms with Crippen LogP contribution < -0.4 is 0 Å². The molecule has 6 heteroatoms. The monoisotopic (exact) mass is 297 g/mol. The lowest BCUT2D eigenvalue weighted by Crippen LogP contribution is -2.40. The number of benzene rings is 1. The Bertz CT molecular complexity index is 589. The Labute approximate surface area is 119 Å². The smallest absolute Gasteiger partial charge is 0.306 e. The lowest BCUT2D eigenvalue weighted by Gasteiger charge is -2.29. The molecule has 0 amide bonds. The van der Waals surface area contributed by atoms with Crippen LogP contribution in [0, 0.1) is 5.92 Å². The van der Waals surface area contributed by atoms with Gasteiger partial charge in [0.05, 0.1) is 10.8 Å². The van der Waals surface area contributed by atoms with Gasteiger partial charge in [-0.3, -0.25) is 4.79 Å². The molecule has 1 aliphatic heterocycles. The number of hydrogen-bond donors (Lipinski definition) is 1. The first-order valence-corrected chi connectivity index (χ1v) is 8.21. The predicted molar refractivity (Wildman–Crippen MR) is 74.9 cm³/mol. The highest BCUT2D eigenvalue weighted by Crippen LogP contribution is 2.24. The maximum Gasteiger partial charge on any atom is 0.306 e. The highest BCUT2D eigenvalue weighted by Gasteiger charge is 2.31. The first-order chi connectivity index (χ1) is 9.45. The van der Waals surface area contributed by atoms with Crippen molar-refractivity contribution in [3.8, 4) is 0 Å². The fraction of sp³-hybridized carbons (Fsp3) is 0.500. The van der Waals surface area contributed by atoms with E-state index in [1.807, 2.05) is 13.0 Å². The number of carboxylic acids is 1. The van der Waals surface area contributed by atoms with Crippen LogP contribution in [0.2, 0.25) is 0 Å². The number of hydrogen-bond acceptors (Lipinski definition) is 3. The molecular formula is C14H19NO4S. The Morgan fingerprint density at radius 2 is 2.00 bits per heavy atom. The van der Waals surface area contributed by atoms with Crippen LogP contribution in [0.5, 0.6) is 0 Å². The maximum atomic E-state index is 12.5. The van der Waals surface area contributed by atoms with Crippen molar-refractivity contribution in [1.29, 1.82) is 0 Å². The number of piperidine rings is 1. The van der Waals surface area contributed by atoms with Crippen LogP contribution in [0.15, 0.2) is 29.2 Å². The summed E-state index contributed by atoms with van der Waals surface area (Å²) < 4.78 is 26.4. The molecule has 0 saturated carbocycles. The van der Waals surface area contributed by atoms with E-state index in [0.29, 0.717) is 17.7 Å². The third kappa shape index (κ3) is 3.02. The molecule has 20 heavy (non-hydrogen) atoms. The van der Waals surface area contributed by atoms with Gasteiger partial charge in [0.15, 0.2) is 0 Å². The van der Waals surface area contributed by atoms with E-state index in [1.54, 1.807) is 18.2 Å². The van der Waals surface area contributed by atoms with Crippen molar-refractivity contribution in [3.63, 3.8) is 0 Å². The second kappa shape index (κ2) is 5.93. The summed E-state index contributed by atoms with van der Waals surface area (Å²) in [4.78, 5) is 11.2. The van der Waals surface area contributed by atoms with Crippen molar-refractivity contribution >= 4 is 16.0 Å². The van der Waals surface area contributed by atoms with Crippen molar-refractivity contribution in [3.05, 3.63) is 29.8 Å². The van der Waals surface area contributed by atoms with E-state index in [4.69, 9.17) is 5.11 Å². The third-order valence-corrected chi connectivity index (χ3v) is 5.64. The van der Waals surface area contributed by atoms with Crippen LogP contribution >= 0.6 is 0 Å². The van der Waals surface area contributed by atoms with Crippen LogP contribution in [0.1, 0.15) is 25.3 Å². The molecule has 1 aliphatic rings. The molecule has 0 atom stereocenters. The van der Waals surface area contributed by atoms with Crippen molar-refractivity contribution < 1.29 is 18.3 Å². The van der Waals surface area contributed by atoms with Gasteiger partial charge in [0.1, 0.15) is 0 Å². The molecule has 0 unspecified atom stereocenters. The highest BCUT2D eigenvalue weighted by molar-refractivity contribution is 7.89. The van der Waals surface area contributed by atoms with Gasteiger partial charge in [0.2, 0.25) is 10.0 Å². The summed E-state index contributed by atoms with van der Waals surface area (Å²) in [5, 5.41) is 8.94. The maximum absolute atomic E-state index is 12.5. The molecule has 1 fully saturated rings. The van der Waals surface area contributed by atoms with Gasteiger partial charge >= 0.3 is 5.97 Å². The minimum absolute atomic E-state index is 0.273. The van der Waals surface area contributed by atoms with Gasteiger partial charge in [-0.15, -0.1) is 0 Å². The van der Waals surface area contributed by atoms with Crippen molar-refractivity contribution in [1.82, 2.24) is 4.31 Å². The molecular weight excluding hydrogens is 278 g/mol. The quantitative estimate of drug-likeness (QED) is 0.918. The van der Waals surface area contributed by atoms with E-state index >= 15 is 0 Å². The molecule has 1 aromatic carbocycles. The molecule has 110 valence electrons. The van der Waals surface area contributed by atoms with Crippen LogP contribution in [0.3, 0.4) is 0 Å². The van der Waals surface area contributed by atoms with E-state index in [-0.39, 0.29) is 13.1 Å². The predicted octanol–water partition coefficient (Wildman–Crippen LogP) is 1.73. The Hall–Kier alpha value is -1.40. The van der Waals surface area contributed by atoms with Crippen molar-refractivity contribution in [2.24, 2.45) is 5.92 Å². The molecule has 0 bridgehead atoms. The fourth-order valence-electron chi connectivity index (χ4n) is 2.42. The third-order valence-electron chi connectivity index (χ3n) is 3.75. The molecule has 5 nitrogen and oxygen atoms in total. The molecule has 1 heterocycles. The number of carbonyl (C=O) groups is 1. The molecule has 0 aromatic heterocycles. The highest BCUT2D eigenvalue weighted by atomic mass is 32.2. The van der Waals surface area contributed by atoms with Crippen LogP contribution in [-0.4, -0.2) is 36.9 Å².